The van der Waals surface area contributed by atoms with Gasteiger partial charge in [0.1, 0.15) is 5.82 Å². The van der Waals surface area contributed by atoms with Crippen molar-refractivity contribution in [2.75, 3.05) is 24.7 Å². The molecule has 1 aromatic heterocycles. The van der Waals surface area contributed by atoms with Crippen LogP contribution in [0.4, 0.5) is 11.5 Å². The molecule has 2 rings (SSSR count). The van der Waals surface area contributed by atoms with E-state index >= 15 is 0 Å². The molecule has 0 saturated heterocycles. The number of pyridine rings is 1. The molecule has 1 aromatic rings. The molecule has 1 heterocycles. The molecular weight excluding hydrogens is 230 g/mol. The molecule has 1 saturated carbocycles. The highest BCUT2D eigenvalue weighted by atomic mass is 16.5. The van der Waals surface area contributed by atoms with Crippen molar-refractivity contribution in [3.05, 3.63) is 17.8 Å². The number of methoxy groups -OCH3 is 1. The molecule has 1 aliphatic rings. The first kappa shape index (κ1) is 12.7. The quantitative estimate of drug-likeness (QED) is 0.596. The number of nitrogens with zero attached hydrogens (tertiary/aromatic N) is 1. The minimum Gasteiger partial charge on any atom is -0.465 e. The summed E-state index contributed by atoms with van der Waals surface area (Å²) in [7, 11) is 1.34. The van der Waals surface area contributed by atoms with Crippen LogP contribution in [0, 0.1) is 5.92 Å². The van der Waals surface area contributed by atoms with Crippen molar-refractivity contribution in [2.24, 2.45) is 5.92 Å². The first-order valence-electron chi connectivity index (χ1n) is 6.28. The SMILES string of the molecule is COC(=O)c1cc(NCCCC2CC2)ncc1N. The van der Waals surface area contributed by atoms with E-state index in [2.05, 4.69) is 15.0 Å². The van der Waals surface area contributed by atoms with Gasteiger partial charge in [0.2, 0.25) is 0 Å². The molecule has 0 spiro atoms. The number of nitrogens with one attached hydrogen (secondary N) is 1. The van der Waals surface area contributed by atoms with Crippen LogP contribution in [0.3, 0.4) is 0 Å². The van der Waals surface area contributed by atoms with Crippen molar-refractivity contribution >= 4 is 17.5 Å². The third kappa shape index (κ3) is 3.35. The Kier molecular flexibility index (Phi) is 4.02. The van der Waals surface area contributed by atoms with Gasteiger partial charge in [0.15, 0.2) is 0 Å². The summed E-state index contributed by atoms with van der Waals surface area (Å²) in [6.45, 7) is 0.869. The van der Waals surface area contributed by atoms with Gasteiger partial charge in [-0.1, -0.05) is 12.8 Å². The minimum atomic E-state index is -0.434. The van der Waals surface area contributed by atoms with Crippen LogP contribution in [0.25, 0.3) is 0 Å². The van der Waals surface area contributed by atoms with E-state index in [0.717, 1.165) is 18.9 Å². The highest BCUT2D eigenvalue weighted by Crippen LogP contribution is 2.33. The van der Waals surface area contributed by atoms with Crippen LogP contribution in [0.2, 0.25) is 0 Å². The Morgan fingerprint density at radius 1 is 1.61 bits per heavy atom. The number of anilines is 2. The van der Waals surface area contributed by atoms with Gasteiger partial charge in [-0.15, -0.1) is 0 Å². The smallest absolute Gasteiger partial charge is 0.340 e. The standard InChI is InChI=1S/C13H19N3O2/c1-18-13(17)10-7-12(16-8-11(10)14)15-6-2-3-9-4-5-9/h7-9H,2-6,14H2,1H3,(H,15,16). The fourth-order valence-electron chi connectivity index (χ4n) is 1.86. The van der Waals surface area contributed by atoms with E-state index in [0.29, 0.717) is 17.1 Å². The topological polar surface area (TPSA) is 77.2 Å². The normalized spacial score (nSPS) is 14.3. The van der Waals surface area contributed by atoms with Gasteiger partial charge in [-0.3, -0.25) is 0 Å². The lowest BCUT2D eigenvalue weighted by Gasteiger charge is -2.08. The Hall–Kier alpha value is -1.78. The molecule has 5 heteroatoms. The Labute approximate surface area is 107 Å². The summed E-state index contributed by atoms with van der Waals surface area (Å²) in [6, 6.07) is 1.64. The van der Waals surface area contributed by atoms with Crippen LogP contribution in [0.1, 0.15) is 36.0 Å². The Balaban J connectivity index is 1.89. The van der Waals surface area contributed by atoms with Gasteiger partial charge in [0.25, 0.3) is 0 Å². The van der Waals surface area contributed by atoms with Crippen LogP contribution in [0.5, 0.6) is 0 Å². The van der Waals surface area contributed by atoms with Crippen molar-refractivity contribution in [2.45, 2.75) is 25.7 Å². The highest BCUT2D eigenvalue weighted by Gasteiger charge is 2.20. The predicted octanol–water partition coefficient (Wildman–Crippen LogP) is 2.05. The molecule has 0 aromatic carbocycles. The zero-order valence-corrected chi connectivity index (χ0v) is 10.6. The van der Waals surface area contributed by atoms with E-state index < -0.39 is 5.97 Å². The minimum absolute atomic E-state index is 0.338. The van der Waals surface area contributed by atoms with Gasteiger partial charge in [-0.05, 0) is 24.8 Å². The molecule has 0 amide bonds. The molecule has 18 heavy (non-hydrogen) atoms. The second-order valence-corrected chi connectivity index (χ2v) is 4.66. The second-order valence-electron chi connectivity index (χ2n) is 4.66. The summed E-state index contributed by atoms with van der Waals surface area (Å²) in [5.41, 5.74) is 6.37. The first-order valence-corrected chi connectivity index (χ1v) is 6.28. The summed E-state index contributed by atoms with van der Waals surface area (Å²) >= 11 is 0. The number of aromatic nitrogens is 1. The number of ether oxygens (including phenoxy) is 1. The van der Waals surface area contributed by atoms with Crippen molar-refractivity contribution < 1.29 is 9.53 Å². The van der Waals surface area contributed by atoms with Crippen LogP contribution in [0.15, 0.2) is 12.3 Å². The average molecular weight is 249 g/mol. The van der Waals surface area contributed by atoms with Crippen molar-refractivity contribution in [1.29, 1.82) is 0 Å². The number of nitrogen functional groups attached to an aromatic ring is 1. The molecule has 0 radical (unpaired) electrons. The number of nitrogens with two attached hydrogens (primary N) is 1. The van der Waals surface area contributed by atoms with Gasteiger partial charge < -0.3 is 15.8 Å². The van der Waals surface area contributed by atoms with Crippen LogP contribution >= 0.6 is 0 Å². The lowest BCUT2D eigenvalue weighted by molar-refractivity contribution is 0.0602. The number of carbonyl (C=O) groups is 1. The number of esters is 1. The van der Waals surface area contributed by atoms with Crippen LogP contribution in [-0.2, 0) is 4.74 Å². The third-order valence-electron chi connectivity index (χ3n) is 3.13. The molecule has 1 aliphatic carbocycles. The molecule has 0 bridgehead atoms. The Morgan fingerprint density at radius 2 is 2.39 bits per heavy atom. The highest BCUT2D eigenvalue weighted by molar-refractivity contribution is 5.95. The summed E-state index contributed by atoms with van der Waals surface area (Å²) in [6.07, 6.45) is 6.64. The number of hydrogen-bond acceptors (Lipinski definition) is 5. The van der Waals surface area contributed by atoms with Gasteiger partial charge >= 0.3 is 5.97 Å². The summed E-state index contributed by atoms with van der Waals surface area (Å²) in [4.78, 5) is 15.6. The van der Waals surface area contributed by atoms with Crippen LogP contribution < -0.4 is 11.1 Å². The zero-order valence-electron chi connectivity index (χ0n) is 10.6. The second kappa shape index (κ2) is 5.71. The van der Waals surface area contributed by atoms with Crippen molar-refractivity contribution in [1.82, 2.24) is 4.98 Å². The van der Waals surface area contributed by atoms with E-state index in [4.69, 9.17) is 5.73 Å². The Bertz CT molecular complexity index is 430. The zero-order chi connectivity index (χ0) is 13.0. The largest absolute Gasteiger partial charge is 0.465 e. The summed E-state index contributed by atoms with van der Waals surface area (Å²) < 4.78 is 4.66. The molecule has 1 fully saturated rings. The Morgan fingerprint density at radius 3 is 3.06 bits per heavy atom. The van der Waals surface area contributed by atoms with Crippen LogP contribution in [-0.4, -0.2) is 24.6 Å². The average Bonchev–Trinajstić information content (AvgIpc) is 3.19. The monoisotopic (exact) mass is 249 g/mol. The fourth-order valence-corrected chi connectivity index (χ4v) is 1.86. The van der Waals surface area contributed by atoms with Gasteiger partial charge in [-0.25, -0.2) is 9.78 Å². The number of carbonyl (C=O) groups excluding carboxylic acids is 1. The summed E-state index contributed by atoms with van der Waals surface area (Å²) in [5, 5.41) is 3.20. The maximum absolute atomic E-state index is 11.5. The number of rotatable bonds is 6. The van der Waals surface area contributed by atoms with E-state index in [9.17, 15) is 4.79 Å². The predicted molar refractivity (Wildman–Crippen MR) is 70.4 cm³/mol. The van der Waals surface area contributed by atoms with Gasteiger partial charge in [-0.2, -0.15) is 0 Å². The lowest BCUT2D eigenvalue weighted by Crippen LogP contribution is -2.09. The lowest BCUT2D eigenvalue weighted by atomic mass is 10.2. The van der Waals surface area contributed by atoms with E-state index in [1.807, 2.05) is 0 Å². The molecular formula is C13H19N3O2. The molecule has 5 nitrogen and oxygen atoms in total. The molecule has 98 valence electrons. The maximum atomic E-state index is 11.5. The van der Waals surface area contributed by atoms with Gasteiger partial charge in [0, 0.05) is 6.54 Å². The molecule has 0 atom stereocenters. The fraction of sp³-hybridized carbons (Fsp3) is 0.538. The van der Waals surface area contributed by atoms with E-state index in [1.165, 1.54) is 32.6 Å². The van der Waals surface area contributed by atoms with Crippen molar-refractivity contribution in [3.8, 4) is 0 Å². The third-order valence-corrected chi connectivity index (χ3v) is 3.13. The van der Waals surface area contributed by atoms with Crippen molar-refractivity contribution in [3.63, 3.8) is 0 Å². The number of hydrogen-bond donors (Lipinski definition) is 2. The summed E-state index contributed by atoms with van der Waals surface area (Å²) in [5.74, 6) is 1.17. The maximum Gasteiger partial charge on any atom is 0.340 e. The molecule has 0 unspecified atom stereocenters. The van der Waals surface area contributed by atoms with E-state index in [1.54, 1.807) is 6.07 Å². The molecule has 3 N–H and O–H groups in total. The van der Waals surface area contributed by atoms with Gasteiger partial charge in [0.05, 0.1) is 24.6 Å². The first-order chi connectivity index (χ1) is 8.70. The molecule has 0 aliphatic heterocycles. The van der Waals surface area contributed by atoms with E-state index in [-0.39, 0.29) is 0 Å².